The maximum absolute atomic E-state index is 10.2. The lowest BCUT2D eigenvalue weighted by Gasteiger charge is -2.03. The van der Waals surface area contributed by atoms with Crippen LogP contribution < -0.4 is 28.7 Å². The van der Waals surface area contributed by atoms with Gasteiger partial charge in [0.05, 0.1) is 0 Å². The minimum absolute atomic E-state index is 0.0129. The summed E-state index contributed by atoms with van der Waals surface area (Å²) in [6, 6.07) is -0.820. The van der Waals surface area contributed by atoms with E-state index in [-0.39, 0.29) is 5.96 Å². The van der Waals surface area contributed by atoms with E-state index in [4.69, 9.17) is 33.8 Å². The van der Waals surface area contributed by atoms with E-state index < -0.39 is 12.0 Å². The van der Waals surface area contributed by atoms with Crippen LogP contribution in [0.2, 0.25) is 0 Å². The van der Waals surface area contributed by atoms with Gasteiger partial charge in [0.15, 0.2) is 5.96 Å². The summed E-state index contributed by atoms with van der Waals surface area (Å²) in [6.07, 6.45) is 3.09. The minimum Gasteiger partial charge on any atom is -0.480 e. The van der Waals surface area contributed by atoms with Crippen LogP contribution in [0.3, 0.4) is 0 Å². The highest BCUT2D eigenvalue weighted by atomic mass is 16.4. The SMILES string of the molecule is NC(N)=NCCCC(N)C(=O)O.NCCCCN. The lowest BCUT2D eigenvalue weighted by atomic mass is 10.2. The Morgan fingerprint density at radius 2 is 1.61 bits per heavy atom. The van der Waals surface area contributed by atoms with E-state index in [2.05, 4.69) is 4.99 Å². The fourth-order valence-corrected chi connectivity index (χ4v) is 0.932. The monoisotopic (exact) mass is 262 g/mol. The smallest absolute Gasteiger partial charge is 0.320 e. The molecule has 108 valence electrons. The average Bonchev–Trinajstić information content (AvgIpc) is 2.32. The number of aliphatic imine (C=N–C) groups is 1. The summed E-state index contributed by atoms with van der Waals surface area (Å²) in [7, 11) is 0. The van der Waals surface area contributed by atoms with Crippen LogP contribution in [-0.4, -0.2) is 42.7 Å². The number of hydrogen-bond acceptors (Lipinski definition) is 5. The first-order chi connectivity index (χ1) is 8.45. The molecule has 8 nitrogen and oxygen atoms in total. The van der Waals surface area contributed by atoms with E-state index in [9.17, 15) is 4.79 Å². The lowest BCUT2D eigenvalue weighted by molar-refractivity contribution is -0.138. The topological polar surface area (TPSA) is 180 Å². The fourth-order valence-electron chi connectivity index (χ4n) is 0.932. The summed E-state index contributed by atoms with van der Waals surface area (Å²) in [5.74, 6) is -0.987. The molecule has 0 aromatic carbocycles. The Morgan fingerprint density at radius 1 is 1.11 bits per heavy atom. The molecule has 1 atom stereocenters. The number of carbonyl (C=O) groups is 1. The zero-order valence-electron chi connectivity index (χ0n) is 10.7. The van der Waals surface area contributed by atoms with Crippen LogP contribution in [0.25, 0.3) is 0 Å². The van der Waals surface area contributed by atoms with E-state index in [1.54, 1.807) is 0 Å². The van der Waals surface area contributed by atoms with E-state index in [1.165, 1.54) is 0 Å². The lowest BCUT2D eigenvalue weighted by Crippen LogP contribution is -2.30. The highest BCUT2D eigenvalue weighted by Crippen LogP contribution is 1.94. The van der Waals surface area contributed by atoms with Gasteiger partial charge in [0.25, 0.3) is 0 Å². The number of carboxylic acids is 1. The molecule has 18 heavy (non-hydrogen) atoms. The third-order valence-corrected chi connectivity index (χ3v) is 1.94. The third kappa shape index (κ3) is 17.0. The maximum atomic E-state index is 10.2. The molecule has 0 amide bonds. The molecular formula is C10H26N6O2. The standard InChI is InChI=1S/C6H14N4O2.C4H12N2/c7-4(5(11)12)2-1-3-10-6(8)9;5-3-1-2-4-6/h4H,1-3,7H2,(H,11,12)(H4,8,9,10);1-6H2. The highest BCUT2D eigenvalue weighted by Gasteiger charge is 2.09. The van der Waals surface area contributed by atoms with Crippen molar-refractivity contribution in [1.82, 2.24) is 0 Å². The summed E-state index contributed by atoms with van der Waals surface area (Å²) in [6.45, 7) is 1.97. The predicted molar refractivity (Wildman–Crippen MR) is 72.9 cm³/mol. The van der Waals surface area contributed by atoms with Crippen molar-refractivity contribution in [3.05, 3.63) is 0 Å². The minimum atomic E-state index is -1.00. The number of hydrogen-bond donors (Lipinski definition) is 6. The van der Waals surface area contributed by atoms with Gasteiger partial charge in [-0.05, 0) is 38.8 Å². The Labute approximate surface area is 108 Å². The van der Waals surface area contributed by atoms with Crippen LogP contribution in [0, 0.1) is 0 Å². The first kappa shape index (κ1) is 19.0. The molecule has 0 saturated carbocycles. The van der Waals surface area contributed by atoms with Gasteiger partial charge in [-0.1, -0.05) is 0 Å². The summed E-state index contributed by atoms with van der Waals surface area (Å²) < 4.78 is 0. The summed E-state index contributed by atoms with van der Waals surface area (Å²) >= 11 is 0. The van der Waals surface area contributed by atoms with Crippen LogP contribution in [0.4, 0.5) is 0 Å². The second-order valence-corrected chi connectivity index (χ2v) is 3.68. The molecule has 8 heteroatoms. The summed E-state index contributed by atoms with van der Waals surface area (Å²) in [5, 5.41) is 8.38. The summed E-state index contributed by atoms with van der Waals surface area (Å²) in [4.78, 5) is 13.9. The molecule has 0 spiro atoms. The van der Waals surface area contributed by atoms with Gasteiger partial charge >= 0.3 is 5.97 Å². The van der Waals surface area contributed by atoms with Crippen molar-refractivity contribution in [1.29, 1.82) is 0 Å². The Bertz CT molecular complexity index is 226. The second-order valence-electron chi connectivity index (χ2n) is 3.68. The molecule has 1 unspecified atom stereocenters. The number of nitrogens with two attached hydrogens (primary N) is 5. The van der Waals surface area contributed by atoms with Gasteiger partial charge < -0.3 is 33.8 Å². The fraction of sp³-hybridized carbons (Fsp3) is 0.800. The Hall–Kier alpha value is -1.38. The first-order valence-electron chi connectivity index (χ1n) is 5.89. The first-order valence-corrected chi connectivity index (χ1v) is 5.89. The molecule has 0 aliphatic heterocycles. The van der Waals surface area contributed by atoms with Crippen molar-refractivity contribution in [2.24, 2.45) is 33.7 Å². The number of guanidine groups is 1. The van der Waals surface area contributed by atoms with Crippen LogP contribution in [0.1, 0.15) is 25.7 Å². The molecule has 11 N–H and O–H groups in total. The Morgan fingerprint density at radius 3 is 1.94 bits per heavy atom. The molecule has 0 radical (unpaired) electrons. The molecule has 0 bridgehead atoms. The van der Waals surface area contributed by atoms with Gasteiger partial charge in [0.2, 0.25) is 0 Å². The average molecular weight is 262 g/mol. The molecule has 0 aliphatic carbocycles. The van der Waals surface area contributed by atoms with Crippen molar-refractivity contribution in [3.8, 4) is 0 Å². The molecule has 0 fully saturated rings. The van der Waals surface area contributed by atoms with Crippen molar-refractivity contribution in [2.75, 3.05) is 19.6 Å². The van der Waals surface area contributed by atoms with Gasteiger partial charge in [-0.15, -0.1) is 0 Å². The van der Waals surface area contributed by atoms with Gasteiger partial charge in [-0.2, -0.15) is 0 Å². The van der Waals surface area contributed by atoms with Crippen LogP contribution in [-0.2, 0) is 4.79 Å². The van der Waals surface area contributed by atoms with E-state index in [0.717, 1.165) is 25.9 Å². The van der Waals surface area contributed by atoms with Crippen LogP contribution >= 0.6 is 0 Å². The number of rotatable bonds is 8. The largest absolute Gasteiger partial charge is 0.480 e. The second kappa shape index (κ2) is 13.7. The van der Waals surface area contributed by atoms with Crippen molar-refractivity contribution < 1.29 is 9.90 Å². The number of carboxylic acid groups (broad SMARTS) is 1. The Balaban J connectivity index is 0. The number of aliphatic carboxylic acids is 1. The molecule has 0 aromatic rings. The number of nitrogens with zero attached hydrogens (tertiary/aromatic N) is 1. The van der Waals surface area contributed by atoms with Crippen LogP contribution in [0.15, 0.2) is 4.99 Å². The Kier molecular flexibility index (Phi) is 14.4. The van der Waals surface area contributed by atoms with Gasteiger partial charge in [-0.3, -0.25) is 9.79 Å². The molecule has 0 saturated heterocycles. The van der Waals surface area contributed by atoms with Crippen molar-refractivity contribution in [3.63, 3.8) is 0 Å². The molecule has 0 heterocycles. The van der Waals surface area contributed by atoms with Gasteiger partial charge in [0, 0.05) is 6.54 Å². The molecule has 0 rings (SSSR count). The highest BCUT2D eigenvalue weighted by molar-refractivity contribution is 5.75. The van der Waals surface area contributed by atoms with E-state index >= 15 is 0 Å². The zero-order chi connectivity index (χ0) is 14.4. The van der Waals surface area contributed by atoms with Crippen molar-refractivity contribution in [2.45, 2.75) is 31.7 Å². The predicted octanol–water partition coefficient (Wildman–Crippen LogP) is -1.86. The van der Waals surface area contributed by atoms with E-state index in [0.29, 0.717) is 19.4 Å². The zero-order valence-corrected chi connectivity index (χ0v) is 10.7. The third-order valence-electron chi connectivity index (χ3n) is 1.94. The summed E-state index contributed by atoms with van der Waals surface area (Å²) in [5.41, 5.74) is 25.6. The maximum Gasteiger partial charge on any atom is 0.320 e. The van der Waals surface area contributed by atoms with Crippen molar-refractivity contribution >= 4 is 11.9 Å². The van der Waals surface area contributed by atoms with Gasteiger partial charge in [0.1, 0.15) is 6.04 Å². The quantitative estimate of drug-likeness (QED) is 0.168. The normalized spacial score (nSPS) is 11.1. The van der Waals surface area contributed by atoms with E-state index in [1.807, 2.05) is 0 Å². The molecule has 0 aromatic heterocycles. The van der Waals surface area contributed by atoms with Crippen LogP contribution in [0.5, 0.6) is 0 Å². The molecule has 0 aliphatic rings. The number of unbranched alkanes of at least 4 members (excludes halogenated alkanes) is 1. The van der Waals surface area contributed by atoms with Gasteiger partial charge in [-0.25, -0.2) is 0 Å². The molecular weight excluding hydrogens is 236 g/mol.